The van der Waals surface area contributed by atoms with Crippen LogP contribution in [0.5, 0.6) is 0 Å². The molecule has 0 radical (unpaired) electrons. The number of ether oxygens (including phenoxy) is 1. The first kappa shape index (κ1) is 35.8. The molecule has 7 heteroatoms. The van der Waals surface area contributed by atoms with Gasteiger partial charge in [0.1, 0.15) is 17.7 Å². The normalized spacial score (nSPS) is 13.5. The lowest BCUT2D eigenvalue weighted by Gasteiger charge is -2.37. The number of aryl methyl sites for hydroxylation is 1. The number of unbranched alkanes of at least 4 members (excludes halogenated alkanes) is 5. The maximum Gasteiger partial charge on any atom is 0.408 e. The molecule has 0 bridgehead atoms. The summed E-state index contributed by atoms with van der Waals surface area (Å²) in [4.78, 5) is 43.4. The van der Waals surface area contributed by atoms with Gasteiger partial charge in [-0.2, -0.15) is 0 Å². The van der Waals surface area contributed by atoms with Crippen molar-refractivity contribution in [2.24, 2.45) is 5.92 Å². The van der Waals surface area contributed by atoms with E-state index in [1.54, 1.807) is 25.7 Å². The van der Waals surface area contributed by atoms with Gasteiger partial charge in [-0.05, 0) is 69.2 Å². The van der Waals surface area contributed by atoms with E-state index < -0.39 is 23.8 Å². The fourth-order valence-electron chi connectivity index (χ4n) is 5.13. The van der Waals surface area contributed by atoms with Gasteiger partial charge in [0.25, 0.3) is 0 Å². The summed E-state index contributed by atoms with van der Waals surface area (Å²) in [7, 11) is 0. The summed E-state index contributed by atoms with van der Waals surface area (Å²) >= 11 is 0. The third-order valence-corrected chi connectivity index (χ3v) is 8.00. The van der Waals surface area contributed by atoms with E-state index >= 15 is 0 Å². The average Bonchev–Trinajstić information content (AvgIpc) is 2.96. The predicted octanol–water partition coefficient (Wildman–Crippen LogP) is 7.79. The standard InChI is InChI=1S/C36H55N3O4/c1-9-11-12-13-14-18-24-39(34(41)31(26(3)10-2)38-35(42)43-36(6,7)8)32(30-23-19-20-27(4)28(30)5)33(40)37-25-29-21-16-15-17-22-29/h15-17,19-23,26,31-32H,9-14,18,24-25H2,1-8H3,(H,37,40)(H,38,42). The highest BCUT2D eigenvalue weighted by Gasteiger charge is 2.38. The van der Waals surface area contributed by atoms with E-state index in [0.29, 0.717) is 19.5 Å². The molecule has 0 aromatic heterocycles. The highest BCUT2D eigenvalue weighted by atomic mass is 16.6. The Morgan fingerprint density at radius 3 is 2.16 bits per heavy atom. The SMILES string of the molecule is CCCCCCCCN(C(=O)C(NC(=O)OC(C)(C)C)C(C)CC)C(C(=O)NCc1ccccc1)c1cccc(C)c1C. The van der Waals surface area contributed by atoms with E-state index in [9.17, 15) is 14.4 Å². The van der Waals surface area contributed by atoms with Gasteiger partial charge in [-0.1, -0.05) is 108 Å². The van der Waals surface area contributed by atoms with Crippen LogP contribution in [0.2, 0.25) is 0 Å². The number of hydrogen-bond acceptors (Lipinski definition) is 4. The zero-order valence-corrected chi connectivity index (χ0v) is 27.8. The number of hydrogen-bond donors (Lipinski definition) is 2. The average molecular weight is 594 g/mol. The predicted molar refractivity (Wildman–Crippen MR) is 175 cm³/mol. The molecule has 2 aromatic carbocycles. The molecule has 238 valence electrons. The summed E-state index contributed by atoms with van der Waals surface area (Å²) in [6.07, 6.45) is 6.34. The number of carbonyl (C=O) groups excluding carboxylic acids is 3. The van der Waals surface area contributed by atoms with Gasteiger partial charge in [0, 0.05) is 13.1 Å². The second-order valence-corrected chi connectivity index (χ2v) is 12.7. The molecule has 2 aromatic rings. The number of alkyl carbamates (subject to hydrolysis) is 1. The molecule has 0 saturated heterocycles. The van der Waals surface area contributed by atoms with Gasteiger partial charge in [0.15, 0.2) is 0 Å². The van der Waals surface area contributed by atoms with Gasteiger partial charge in [-0.3, -0.25) is 9.59 Å². The molecule has 3 atom stereocenters. The molecule has 0 heterocycles. The fraction of sp³-hybridized carbons (Fsp3) is 0.583. The minimum Gasteiger partial charge on any atom is -0.444 e. The Kier molecular flexibility index (Phi) is 14.7. The van der Waals surface area contributed by atoms with Crippen molar-refractivity contribution < 1.29 is 19.1 Å². The van der Waals surface area contributed by atoms with Crippen molar-refractivity contribution >= 4 is 17.9 Å². The topological polar surface area (TPSA) is 87.7 Å². The van der Waals surface area contributed by atoms with Crippen LogP contribution in [0.25, 0.3) is 0 Å². The first-order chi connectivity index (χ1) is 20.4. The van der Waals surface area contributed by atoms with E-state index in [2.05, 4.69) is 17.6 Å². The maximum atomic E-state index is 14.6. The van der Waals surface area contributed by atoms with Crippen LogP contribution < -0.4 is 10.6 Å². The van der Waals surface area contributed by atoms with Gasteiger partial charge in [0.2, 0.25) is 11.8 Å². The molecule has 3 amide bonds. The number of carbonyl (C=O) groups is 3. The van der Waals surface area contributed by atoms with Gasteiger partial charge in [0.05, 0.1) is 0 Å². The third-order valence-electron chi connectivity index (χ3n) is 8.00. The second-order valence-electron chi connectivity index (χ2n) is 12.7. The van der Waals surface area contributed by atoms with E-state index in [1.807, 2.05) is 76.2 Å². The van der Waals surface area contributed by atoms with Crippen LogP contribution in [0, 0.1) is 19.8 Å². The van der Waals surface area contributed by atoms with Gasteiger partial charge in [-0.15, -0.1) is 0 Å². The van der Waals surface area contributed by atoms with Gasteiger partial charge >= 0.3 is 6.09 Å². The quantitative estimate of drug-likeness (QED) is 0.195. The Balaban J connectivity index is 2.53. The molecule has 0 spiro atoms. The lowest BCUT2D eigenvalue weighted by molar-refractivity contribution is -0.143. The number of amides is 3. The molecule has 0 aliphatic rings. The van der Waals surface area contributed by atoms with Crippen LogP contribution in [0.3, 0.4) is 0 Å². The molecular formula is C36H55N3O4. The first-order valence-electron chi connectivity index (χ1n) is 16.1. The van der Waals surface area contributed by atoms with Crippen molar-refractivity contribution in [1.29, 1.82) is 0 Å². The maximum absolute atomic E-state index is 14.6. The zero-order valence-electron chi connectivity index (χ0n) is 27.8. The van der Waals surface area contributed by atoms with Crippen molar-refractivity contribution in [2.75, 3.05) is 6.54 Å². The van der Waals surface area contributed by atoms with Crippen molar-refractivity contribution in [3.63, 3.8) is 0 Å². The Bertz CT molecular complexity index is 1160. The molecule has 3 unspecified atom stereocenters. The summed E-state index contributed by atoms with van der Waals surface area (Å²) in [6, 6.07) is 14.0. The van der Waals surface area contributed by atoms with Crippen molar-refractivity contribution in [3.8, 4) is 0 Å². The van der Waals surface area contributed by atoms with Crippen LogP contribution in [0.1, 0.15) is 115 Å². The largest absolute Gasteiger partial charge is 0.444 e. The van der Waals surface area contributed by atoms with Crippen LogP contribution in [-0.2, 0) is 20.9 Å². The Labute approximate surface area is 260 Å². The molecule has 43 heavy (non-hydrogen) atoms. The molecule has 2 N–H and O–H groups in total. The summed E-state index contributed by atoms with van der Waals surface area (Å²) < 4.78 is 5.54. The number of rotatable bonds is 16. The van der Waals surface area contributed by atoms with Crippen LogP contribution >= 0.6 is 0 Å². The molecule has 0 aliphatic carbocycles. The zero-order chi connectivity index (χ0) is 32.0. The van der Waals surface area contributed by atoms with E-state index in [0.717, 1.165) is 54.4 Å². The number of nitrogens with zero attached hydrogens (tertiary/aromatic N) is 1. The molecule has 0 aliphatic heterocycles. The monoisotopic (exact) mass is 593 g/mol. The summed E-state index contributed by atoms with van der Waals surface area (Å²) in [5.41, 5.74) is 3.10. The fourth-order valence-corrected chi connectivity index (χ4v) is 5.13. The molecule has 0 saturated carbocycles. The van der Waals surface area contributed by atoms with Crippen molar-refractivity contribution in [1.82, 2.24) is 15.5 Å². The minimum absolute atomic E-state index is 0.168. The first-order valence-corrected chi connectivity index (χ1v) is 16.1. The van der Waals surface area contributed by atoms with E-state index in [4.69, 9.17) is 4.74 Å². The minimum atomic E-state index is -0.848. The summed E-state index contributed by atoms with van der Waals surface area (Å²) in [6.45, 7) is 16.3. The number of benzene rings is 2. The Hall–Kier alpha value is -3.35. The Morgan fingerprint density at radius 2 is 1.53 bits per heavy atom. The molecule has 7 nitrogen and oxygen atoms in total. The third kappa shape index (κ3) is 11.7. The summed E-state index contributed by atoms with van der Waals surface area (Å²) in [5, 5.41) is 5.97. The number of nitrogens with one attached hydrogen (secondary N) is 2. The van der Waals surface area contributed by atoms with Crippen LogP contribution in [-0.4, -0.2) is 41.0 Å². The van der Waals surface area contributed by atoms with E-state index in [-0.39, 0.29) is 17.7 Å². The molecule has 0 fully saturated rings. The lowest BCUT2D eigenvalue weighted by atomic mass is 9.92. The summed E-state index contributed by atoms with van der Waals surface area (Å²) in [5.74, 6) is -0.676. The van der Waals surface area contributed by atoms with Gasteiger partial charge < -0.3 is 20.3 Å². The highest BCUT2D eigenvalue weighted by molar-refractivity contribution is 5.92. The smallest absolute Gasteiger partial charge is 0.408 e. The lowest BCUT2D eigenvalue weighted by Crippen LogP contribution is -2.55. The van der Waals surface area contributed by atoms with Gasteiger partial charge in [-0.25, -0.2) is 4.79 Å². The highest BCUT2D eigenvalue weighted by Crippen LogP contribution is 2.29. The second kappa shape index (κ2) is 17.7. The Morgan fingerprint density at radius 1 is 0.884 bits per heavy atom. The van der Waals surface area contributed by atoms with Crippen LogP contribution in [0.4, 0.5) is 4.79 Å². The molecule has 2 rings (SSSR count). The molecular weight excluding hydrogens is 538 g/mol. The van der Waals surface area contributed by atoms with E-state index in [1.165, 1.54) is 6.42 Å². The van der Waals surface area contributed by atoms with Crippen LogP contribution in [0.15, 0.2) is 48.5 Å². The van der Waals surface area contributed by atoms with Crippen molar-refractivity contribution in [2.45, 2.75) is 125 Å². The van der Waals surface area contributed by atoms with Crippen molar-refractivity contribution in [3.05, 3.63) is 70.8 Å².